The second-order valence-electron chi connectivity index (χ2n) is 4.61. The molecule has 0 amide bonds. The molecule has 0 aliphatic carbocycles. The number of aliphatic hydroxyl groups excluding tert-OH is 1. The van der Waals surface area contributed by atoms with E-state index in [0.29, 0.717) is 23.1 Å². The largest absolute Gasteiger partial charge is 0.496 e. The molecule has 0 radical (unpaired) electrons. The Morgan fingerprint density at radius 1 is 1.33 bits per heavy atom. The number of hydrogen-bond acceptors (Lipinski definition) is 4. The van der Waals surface area contributed by atoms with Crippen LogP contribution in [0.15, 0.2) is 27.6 Å². The second kappa shape index (κ2) is 8.12. The van der Waals surface area contributed by atoms with Crippen LogP contribution in [-0.2, 0) is 10.0 Å². The highest BCUT2D eigenvalue weighted by atomic mass is 79.9. The van der Waals surface area contributed by atoms with Crippen molar-refractivity contribution in [1.82, 2.24) is 4.31 Å². The minimum Gasteiger partial charge on any atom is -0.496 e. The van der Waals surface area contributed by atoms with Crippen LogP contribution in [0.4, 0.5) is 0 Å². The van der Waals surface area contributed by atoms with Crippen LogP contribution >= 0.6 is 15.9 Å². The van der Waals surface area contributed by atoms with E-state index in [1.165, 1.54) is 23.5 Å². The average Bonchev–Trinajstić information content (AvgIpc) is 2.47. The Balaban J connectivity index is 3.25. The summed E-state index contributed by atoms with van der Waals surface area (Å²) in [5, 5.41) is 9.19. The van der Waals surface area contributed by atoms with Crippen LogP contribution < -0.4 is 4.74 Å². The Kier molecular flexibility index (Phi) is 7.12. The van der Waals surface area contributed by atoms with Crippen molar-refractivity contribution >= 4 is 26.0 Å². The Morgan fingerprint density at radius 3 is 2.38 bits per heavy atom. The average molecular weight is 380 g/mol. The van der Waals surface area contributed by atoms with E-state index in [2.05, 4.69) is 15.9 Å². The van der Waals surface area contributed by atoms with Gasteiger partial charge >= 0.3 is 0 Å². The number of halogens is 1. The van der Waals surface area contributed by atoms with Gasteiger partial charge in [0.2, 0.25) is 10.0 Å². The Hall–Kier alpha value is -0.630. The van der Waals surface area contributed by atoms with E-state index in [0.717, 1.165) is 0 Å². The smallest absolute Gasteiger partial charge is 0.243 e. The molecule has 0 spiro atoms. The van der Waals surface area contributed by atoms with Gasteiger partial charge in [0.05, 0.1) is 23.1 Å². The zero-order chi connectivity index (χ0) is 16.0. The number of methoxy groups -OCH3 is 1. The normalized spacial score (nSPS) is 12.1. The Bertz CT molecular complexity index is 558. The third-order valence-corrected chi connectivity index (χ3v) is 5.97. The van der Waals surface area contributed by atoms with Crippen molar-refractivity contribution in [2.75, 3.05) is 20.3 Å². The molecule has 0 atom stereocenters. The lowest BCUT2D eigenvalue weighted by Gasteiger charge is -2.29. The molecule has 21 heavy (non-hydrogen) atoms. The Morgan fingerprint density at radius 2 is 1.95 bits per heavy atom. The third kappa shape index (κ3) is 4.18. The first kappa shape index (κ1) is 18.4. The van der Waals surface area contributed by atoms with Gasteiger partial charge in [-0.25, -0.2) is 8.42 Å². The van der Waals surface area contributed by atoms with Gasteiger partial charge < -0.3 is 9.84 Å². The number of ether oxygens (including phenoxy) is 1. The number of nitrogens with zero attached hydrogens (tertiary/aromatic N) is 1. The fourth-order valence-corrected chi connectivity index (χ4v) is 4.72. The fraction of sp³-hybridized carbons (Fsp3) is 0.571. The summed E-state index contributed by atoms with van der Waals surface area (Å²) in [4.78, 5) is 0.190. The van der Waals surface area contributed by atoms with Crippen LogP contribution in [0.1, 0.15) is 26.7 Å². The number of sulfonamides is 1. The summed E-state index contributed by atoms with van der Waals surface area (Å²) >= 11 is 3.30. The molecule has 0 fully saturated rings. The molecule has 0 bridgehead atoms. The van der Waals surface area contributed by atoms with E-state index < -0.39 is 10.0 Å². The summed E-state index contributed by atoms with van der Waals surface area (Å²) in [6.45, 7) is 3.78. The number of benzene rings is 1. The number of hydrogen-bond donors (Lipinski definition) is 1. The maximum Gasteiger partial charge on any atom is 0.243 e. The predicted octanol–water partition coefficient (Wildman–Crippen LogP) is 2.63. The first-order valence-electron chi connectivity index (χ1n) is 6.88. The molecule has 0 aliphatic rings. The summed E-state index contributed by atoms with van der Waals surface area (Å²) in [6.07, 6.45) is 1.40. The lowest BCUT2D eigenvalue weighted by molar-refractivity contribution is 0.219. The number of rotatable bonds is 8. The Labute approximate surface area is 135 Å². The lowest BCUT2D eigenvalue weighted by Crippen LogP contribution is -2.41. The lowest BCUT2D eigenvalue weighted by atomic mass is 10.2. The van der Waals surface area contributed by atoms with Crippen LogP contribution in [0, 0.1) is 0 Å². The summed E-state index contributed by atoms with van der Waals surface area (Å²) in [5.74, 6) is 0.574. The van der Waals surface area contributed by atoms with Crippen LogP contribution in [-0.4, -0.2) is 44.1 Å². The number of aliphatic hydroxyl groups is 1. The first-order valence-corrected chi connectivity index (χ1v) is 9.11. The molecule has 1 N–H and O–H groups in total. The van der Waals surface area contributed by atoms with Crippen LogP contribution in [0.5, 0.6) is 5.75 Å². The van der Waals surface area contributed by atoms with Gasteiger partial charge in [-0.15, -0.1) is 0 Å². The van der Waals surface area contributed by atoms with Gasteiger partial charge in [-0.1, -0.05) is 13.8 Å². The molecule has 0 saturated heterocycles. The molecular weight excluding hydrogens is 358 g/mol. The molecule has 0 saturated carbocycles. The van der Waals surface area contributed by atoms with Gasteiger partial charge in [0.1, 0.15) is 5.75 Å². The van der Waals surface area contributed by atoms with E-state index in [-0.39, 0.29) is 24.1 Å². The molecule has 7 heteroatoms. The maximum atomic E-state index is 12.8. The zero-order valence-electron chi connectivity index (χ0n) is 12.5. The summed E-state index contributed by atoms with van der Waals surface area (Å²) in [7, 11) is -2.12. The second-order valence-corrected chi connectivity index (χ2v) is 7.35. The van der Waals surface area contributed by atoms with Gasteiger partial charge in [-0.05, 0) is 47.0 Å². The highest BCUT2D eigenvalue weighted by Crippen LogP contribution is 2.29. The van der Waals surface area contributed by atoms with Crippen molar-refractivity contribution in [3.63, 3.8) is 0 Å². The molecule has 1 aromatic carbocycles. The molecule has 1 aromatic rings. The molecule has 0 unspecified atom stereocenters. The molecule has 0 aliphatic heterocycles. The molecule has 5 nitrogen and oxygen atoms in total. The van der Waals surface area contributed by atoms with Crippen LogP contribution in [0.25, 0.3) is 0 Å². The minimum atomic E-state index is -3.65. The molecular formula is C14H22BrNO4S. The SMILES string of the molecule is CCC(CC)N(CCO)S(=O)(=O)c1ccc(OC)c(Br)c1. The van der Waals surface area contributed by atoms with Crippen LogP contribution in [0.2, 0.25) is 0 Å². The fourth-order valence-electron chi connectivity index (χ4n) is 2.24. The molecule has 0 aromatic heterocycles. The van der Waals surface area contributed by atoms with Crippen LogP contribution in [0.3, 0.4) is 0 Å². The van der Waals surface area contributed by atoms with Gasteiger partial charge in [-0.3, -0.25) is 0 Å². The van der Waals surface area contributed by atoms with Crippen molar-refractivity contribution in [1.29, 1.82) is 0 Å². The third-order valence-electron chi connectivity index (χ3n) is 3.40. The van der Waals surface area contributed by atoms with Crippen molar-refractivity contribution in [2.24, 2.45) is 0 Å². The van der Waals surface area contributed by atoms with Gasteiger partial charge in [0.25, 0.3) is 0 Å². The van der Waals surface area contributed by atoms with E-state index in [4.69, 9.17) is 4.74 Å². The first-order chi connectivity index (χ1) is 9.92. The van der Waals surface area contributed by atoms with E-state index >= 15 is 0 Å². The standard InChI is InChI=1S/C14H22BrNO4S/c1-4-11(5-2)16(8-9-17)21(18,19)12-6-7-14(20-3)13(15)10-12/h6-7,10-11,17H,4-5,8-9H2,1-3H3. The van der Waals surface area contributed by atoms with Gasteiger partial charge in [-0.2, -0.15) is 4.31 Å². The minimum absolute atomic E-state index is 0.0956. The summed E-state index contributed by atoms with van der Waals surface area (Å²) in [5.41, 5.74) is 0. The summed E-state index contributed by atoms with van der Waals surface area (Å²) < 4.78 is 32.6. The maximum absolute atomic E-state index is 12.8. The topological polar surface area (TPSA) is 66.8 Å². The van der Waals surface area contributed by atoms with Crippen molar-refractivity contribution < 1.29 is 18.3 Å². The van der Waals surface area contributed by atoms with Crippen molar-refractivity contribution in [3.8, 4) is 5.75 Å². The van der Waals surface area contributed by atoms with Gasteiger partial charge in [0.15, 0.2) is 0 Å². The molecule has 1 rings (SSSR count). The quantitative estimate of drug-likeness (QED) is 0.753. The highest BCUT2D eigenvalue weighted by molar-refractivity contribution is 9.10. The van der Waals surface area contributed by atoms with E-state index in [1.807, 2.05) is 13.8 Å². The van der Waals surface area contributed by atoms with Crippen molar-refractivity contribution in [2.45, 2.75) is 37.6 Å². The van der Waals surface area contributed by atoms with E-state index in [1.54, 1.807) is 6.07 Å². The molecule has 120 valence electrons. The van der Waals surface area contributed by atoms with Crippen molar-refractivity contribution in [3.05, 3.63) is 22.7 Å². The highest BCUT2D eigenvalue weighted by Gasteiger charge is 2.29. The summed E-state index contributed by atoms with van der Waals surface area (Å²) in [6, 6.07) is 4.54. The van der Waals surface area contributed by atoms with E-state index in [9.17, 15) is 13.5 Å². The molecule has 0 heterocycles. The zero-order valence-corrected chi connectivity index (χ0v) is 14.9. The predicted molar refractivity (Wildman–Crippen MR) is 86.0 cm³/mol. The monoisotopic (exact) mass is 379 g/mol. The van der Waals surface area contributed by atoms with Gasteiger partial charge in [0, 0.05) is 12.6 Å².